The van der Waals surface area contributed by atoms with Crippen molar-refractivity contribution < 1.29 is 73.3 Å². The van der Waals surface area contributed by atoms with E-state index in [1.54, 1.807) is 22.3 Å². The van der Waals surface area contributed by atoms with Crippen molar-refractivity contribution in [2.75, 3.05) is 0 Å². The van der Waals surface area contributed by atoms with Gasteiger partial charge in [-0.25, -0.2) is 23.3 Å². The normalized spacial score (nSPS) is 14.4. The summed E-state index contributed by atoms with van der Waals surface area (Å²) in [6, 6.07) is 34.3. The van der Waals surface area contributed by atoms with Crippen molar-refractivity contribution in [3.63, 3.8) is 0 Å². The summed E-state index contributed by atoms with van der Waals surface area (Å²) >= 11 is 3.01. The molecule has 0 radical (unpaired) electrons. The largest absolute Gasteiger partial charge is 1.00 e. The molecule has 0 aliphatic heterocycles. The van der Waals surface area contributed by atoms with E-state index in [-0.39, 0.29) is 24.8 Å². The first-order valence-corrected chi connectivity index (χ1v) is 24.6. The van der Waals surface area contributed by atoms with Gasteiger partial charge in [-0.3, -0.25) is 12.2 Å². The molecule has 0 fully saturated rings. The summed E-state index contributed by atoms with van der Waals surface area (Å²) in [7, 11) is 0. The van der Waals surface area contributed by atoms with Crippen LogP contribution < -0.4 is 24.8 Å². The van der Waals surface area contributed by atoms with E-state index in [2.05, 4.69) is 178 Å². The SMILES string of the molecule is CC(C)C1=[C-]CC=C1C(C)C.CC(C)C1=[C-]CC=C1C(C)C.C[C](=[Zr+2])c1ccccc1.C[C](=[Zr+2])c1ccccc1.[Cl-].[Cl-].c1cc2c([cH-]1)CCCC2.c1cc2c([cH-]1)CCCC2. The Bertz CT molecular complexity index is 1700. The minimum atomic E-state index is 0. The number of halogens is 2. The van der Waals surface area contributed by atoms with Gasteiger partial charge in [0.25, 0.3) is 0 Å². The molecule has 0 unspecified atom stereocenters. The number of hydrogen-bond donors (Lipinski definition) is 0. The minimum Gasteiger partial charge on any atom is -1.00 e. The first-order chi connectivity index (χ1) is 27.8. The van der Waals surface area contributed by atoms with Crippen LogP contribution in [0.5, 0.6) is 0 Å². The van der Waals surface area contributed by atoms with Gasteiger partial charge in [-0.2, -0.15) is 69.8 Å². The van der Waals surface area contributed by atoms with Crippen molar-refractivity contribution in [1.82, 2.24) is 0 Å². The number of rotatable bonds is 6. The second kappa shape index (κ2) is 31.1. The third-order valence-electron chi connectivity index (χ3n) is 11.0. The minimum absolute atomic E-state index is 0. The predicted octanol–water partition coefficient (Wildman–Crippen LogP) is 8.84. The number of fused-ring (bicyclic) bond motifs is 2. The molecule has 0 N–H and O–H groups in total. The van der Waals surface area contributed by atoms with E-state index in [4.69, 9.17) is 0 Å². The van der Waals surface area contributed by atoms with Gasteiger partial charge in [-0.1, -0.05) is 130 Å². The summed E-state index contributed by atoms with van der Waals surface area (Å²) in [5.74, 6) is 2.63. The molecule has 0 nitrogen and oxygen atoms in total. The van der Waals surface area contributed by atoms with Gasteiger partial charge >= 0.3 is 141 Å². The van der Waals surface area contributed by atoms with E-state index in [9.17, 15) is 0 Å². The molecule has 60 heavy (non-hydrogen) atoms. The van der Waals surface area contributed by atoms with Gasteiger partial charge in [0.1, 0.15) is 0 Å². The first kappa shape index (κ1) is 56.2. The Labute approximate surface area is 410 Å². The predicted molar refractivity (Wildman–Crippen MR) is 248 cm³/mol. The zero-order chi connectivity index (χ0) is 42.5. The quantitative estimate of drug-likeness (QED) is 0.170. The van der Waals surface area contributed by atoms with Crippen molar-refractivity contribution in [2.45, 2.75) is 133 Å². The summed E-state index contributed by atoms with van der Waals surface area (Å²) in [6.45, 7) is 22.3. The van der Waals surface area contributed by atoms with Gasteiger partial charge < -0.3 is 24.8 Å². The fourth-order valence-corrected chi connectivity index (χ4v) is 8.56. The van der Waals surface area contributed by atoms with Crippen LogP contribution >= 0.6 is 0 Å². The van der Waals surface area contributed by atoms with Gasteiger partial charge in [0.2, 0.25) is 0 Å². The maximum absolute atomic E-state index is 3.41. The Morgan fingerprint density at radius 1 is 0.483 bits per heavy atom. The molecule has 0 aromatic heterocycles. The average Bonchev–Trinajstić information content (AvgIpc) is 4.07. The molecule has 4 aliphatic rings. The Morgan fingerprint density at radius 3 is 1.07 bits per heavy atom. The summed E-state index contributed by atoms with van der Waals surface area (Å²) in [5.41, 5.74) is 15.1. The van der Waals surface area contributed by atoms with Crippen LogP contribution in [0.25, 0.3) is 0 Å². The molecule has 4 aromatic carbocycles. The maximum Gasteiger partial charge on any atom is -0.0512 e. The molecule has 8 rings (SSSR count). The Balaban J connectivity index is 0.000000358. The molecule has 0 saturated carbocycles. The zero-order valence-electron chi connectivity index (χ0n) is 38.5. The smallest absolute Gasteiger partial charge is 0.0512 e. The fraction of sp³-hybridized carbons (Fsp3) is 0.429. The van der Waals surface area contributed by atoms with E-state index in [0.717, 1.165) is 12.8 Å². The summed E-state index contributed by atoms with van der Waals surface area (Å²) in [5, 5.41) is 0. The van der Waals surface area contributed by atoms with E-state index in [0.29, 0.717) is 23.7 Å². The molecule has 4 heteroatoms. The molecule has 0 spiro atoms. The monoisotopic (exact) mass is 994 g/mol. The first-order valence-electron chi connectivity index (χ1n) is 22.1. The standard InChI is InChI=1S/2C11H17.2C9H11.2C8H8.2ClH.2Zr/c2*1-8(2)10-6-5-7-11(10)9(3)4;2*1-2-5-9-7-3-6-8(9)4-1;2*1-2-8-6-4-3-5-7-8;;;;/h2*6,8-9H,5H2,1-4H3;2*3,6-7H,1-2,4-5H2;2*3-7H,1H3;2*1H;;/q4*-1;;;;;2*+2/p-2. The maximum atomic E-state index is 3.41. The molecule has 4 aliphatic carbocycles. The van der Waals surface area contributed by atoms with E-state index < -0.39 is 0 Å². The van der Waals surface area contributed by atoms with Crippen LogP contribution in [-0.4, -0.2) is 6.41 Å². The molecule has 320 valence electrons. The Kier molecular flexibility index (Phi) is 29.1. The Hall–Kier alpha value is -1.81. The second-order valence-electron chi connectivity index (χ2n) is 17.1. The van der Waals surface area contributed by atoms with Crippen LogP contribution in [-0.2, 0) is 74.2 Å². The molecule has 0 heterocycles. The number of hydrogen-bond acceptors (Lipinski definition) is 0. The number of allylic oxidation sites excluding steroid dienone is 8. The van der Waals surface area contributed by atoms with Crippen molar-refractivity contribution in [3.8, 4) is 0 Å². The van der Waals surface area contributed by atoms with Gasteiger partial charge in [0.15, 0.2) is 0 Å². The third-order valence-corrected chi connectivity index (χ3v) is 12.4. The molecule has 0 amide bonds. The second-order valence-corrected chi connectivity index (χ2v) is 20.8. The molecular formula is C56H72Cl2Zr2-2. The summed E-state index contributed by atoms with van der Waals surface area (Å²) < 4.78 is 2.92. The van der Waals surface area contributed by atoms with Crippen molar-refractivity contribution in [2.24, 2.45) is 23.7 Å². The molecule has 0 atom stereocenters. The van der Waals surface area contributed by atoms with Crippen molar-refractivity contribution >= 4 is 6.41 Å². The molecular weight excluding hydrogens is 926 g/mol. The van der Waals surface area contributed by atoms with Crippen LogP contribution in [0, 0.1) is 35.8 Å². The summed E-state index contributed by atoms with van der Waals surface area (Å²) in [6.07, 6.45) is 24.4. The van der Waals surface area contributed by atoms with Crippen molar-refractivity contribution in [1.29, 1.82) is 0 Å². The average molecular weight is 999 g/mol. The van der Waals surface area contributed by atoms with Crippen LogP contribution in [0.2, 0.25) is 0 Å². The zero-order valence-corrected chi connectivity index (χ0v) is 45.0. The van der Waals surface area contributed by atoms with Gasteiger partial charge in [-0.15, -0.1) is 12.8 Å². The third kappa shape index (κ3) is 20.1. The molecule has 0 bridgehead atoms. The van der Waals surface area contributed by atoms with Crippen molar-refractivity contribution in [3.05, 3.63) is 177 Å². The van der Waals surface area contributed by atoms with Crippen LogP contribution in [0.3, 0.4) is 0 Å². The Morgan fingerprint density at radius 2 is 0.817 bits per heavy atom. The number of aryl methyl sites for hydroxylation is 4. The molecule has 0 saturated heterocycles. The van der Waals surface area contributed by atoms with E-state index in [1.807, 2.05) is 12.1 Å². The van der Waals surface area contributed by atoms with Gasteiger partial charge in [0.05, 0.1) is 0 Å². The van der Waals surface area contributed by atoms with Crippen LogP contribution in [0.4, 0.5) is 0 Å². The van der Waals surface area contributed by atoms with E-state index in [1.165, 1.54) is 140 Å². The van der Waals surface area contributed by atoms with Crippen LogP contribution in [0.1, 0.15) is 141 Å². The van der Waals surface area contributed by atoms with Gasteiger partial charge in [0, 0.05) is 0 Å². The summed E-state index contributed by atoms with van der Waals surface area (Å²) in [4.78, 5) is 0. The van der Waals surface area contributed by atoms with Crippen LogP contribution in [0.15, 0.2) is 132 Å². The fourth-order valence-electron chi connectivity index (χ4n) is 7.74. The van der Waals surface area contributed by atoms with E-state index >= 15 is 0 Å². The number of benzene rings is 2. The topological polar surface area (TPSA) is 0 Å². The van der Waals surface area contributed by atoms with Gasteiger partial charge in [-0.05, 0) is 0 Å². The molecule has 4 aromatic rings.